The van der Waals surface area contributed by atoms with Gasteiger partial charge < -0.3 is 42.9 Å². The Morgan fingerprint density at radius 2 is 1.65 bits per heavy atom. The predicted octanol–water partition coefficient (Wildman–Crippen LogP) is -3.71. The minimum Gasteiger partial charge on any atom is -1.00 e. The van der Waals surface area contributed by atoms with Crippen molar-refractivity contribution in [3.63, 3.8) is 0 Å². The molecule has 0 aromatic heterocycles. The van der Waals surface area contributed by atoms with Crippen LogP contribution in [0.5, 0.6) is 0 Å². The van der Waals surface area contributed by atoms with Crippen LogP contribution >= 0.6 is 0 Å². The fourth-order valence-electron chi connectivity index (χ4n) is 2.95. The lowest BCUT2D eigenvalue weighted by atomic mass is 9.98. The topological polar surface area (TPSA) is 0 Å². The first-order valence-corrected chi connectivity index (χ1v) is 7.09. The normalized spacial score (nSPS) is 21.4. The molecule has 2 nitrogen and oxygen atoms in total. The molecule has 20 heavy (non-hydrogen) atoms. The minimum atomic E-state index is 0. The van der Waals surface area contributed by atoms with Gasteiger partial charge in [-0.25, -0.2) is 0 Å². The van der Waals surface area contributed by atoms with Crippen LogP contribution in [0, 0.1) is 0 Å². The maximum atomic E-state index is 2.42. The second-order valence-corrected chi connectivity index (χ2v) is 7.11. The number of nitrogens with zero attached hydrogens (tertiary/aromatic N) is 2. The molecule has 1 heterocycles. The van der Waals surface area contributed by atoms with Crippen molar-refractivity contribution in [1.82, 2.24) is 0 Å². The van der Waals surface area contributed by atoms with E-state index in [4.69, 9.17) is 0 Å². The average molecular weight is 408 g/mol. The maximum absolute atomic E-state index is 2.42. The highest BCUT2D eigenvalue weighted by Gasteiger charge is 2.28. The summed E-state index contributed by atoms with van der Waals surface area (Å²) in [6.07, 6.45) is 2.57. The Morgan fingerprint density at radius 1 is 1.05 bits per heavy atom. The van der Waals surface area contributed by atoms with Gasteiger partial charge in [0, 0.05) is 18.4 Å². The molecular formula is C16H28Br2N2. The van der Waals surface area contributed by atoms with Crippen molar-refractivity contribution in [2.75, 3.05) is 47.8 Å². The van der Waals surface area contributed by atoms with Crippen molar-refractivity contribution >= 4 is 0 Å². The second kappa shape index (κ2) is 7.92. The third-order valence-corrected chi connectivity index (χ3v) is 4.12. The highest BCUT2D eigenvalue weighted by atomic mass is 79.9. The molecule has 0 fully saturated rings. The van der Waals surface area contributed by atoms with E-state index >= 15 is 0 Å². The van der Waals surface area contributed by atoms with E-state index in [1.807, 2.05) is 0 Å². The van der Waals surface area contributed by atoms with Crippen LogP contribution < -0.4 is 34.0 Å². The Labute approximate surface area is 145 Å². The van der Waals surface area contributed by atoms with E-state index in [0.717, 1.165) is 4.48 Å². The van der Waals surface area contributed by atoms with Crippen LogP contribution in [0.25, 0.3) is 0 Å². The molecule has 0 aliphatic carbocycles. The molecule has 1 aromatic carbocycles. The van der Waals surface area contributed by atoms with Crippen LogP contribution in [-0.4, -0.2) is 56.8 Å². The van der Waals surface area contributed by atoms with Gasteiger partial charge in [-0.05, 0) is 5.56 Å². The number of quaternary nitrogens is 2. The van der Waals surface area contributed by atoms with Gasteiger partial charge in [0.15, 0.2) is 0 Å². The number of benzene rings is 1. The summed E-state index contributed by atoms with van der Waals surface area (Å²) in [5.74, 6) is 0. The lowest BCUT2D eigenvalue weighted by Crippen LogP contribution is -3.00. The van der Waals surface area contributed by atoms with Crippen molar-refractivity contribution in [3.8, 4) is 0 Å². The zero-order valence-corrected chi connectivity index (χ0v) is 16.4. The van der Waals surface area contributed by atoms with Gasteiger partial charge >= 0.3 is 0 Å². The lowest BCUT2D eigenvalue weighted by molar-refractivity contribution is -0.930. The first-order valence-electron chi connectivity index (χ1n) is 7.09. The Bertz CT molecular complexity index is 415. The highest BCUT2D eigenvalue weighted by molar-refractivity contribution is 5.27. The third-order valence-electron chi connectivity index (χ3n) is 4.12. The fraction of sp³-hybridized carbons (Fsp3) is 0.625. The smallest absolute Gasteiger partial charge is 0.104 e. The zero-order valence-electron chi connectivity index (χ0n) is 13.2. The molecule has 0 saturated carbocycles. The largest absolute Gasteiger partial charge is 1.00 e. The molecule has 0 amide bonds. The molecule has 2 rings (SSSR count). The highest BCUT2D eigenvalue weighted by Crippen LogP contribution is 2.23. The molecule has 0 spiro atoms. The number of halogens is 2. The summed E-state index contributed by atoms with van der Waals surface area (Å²) in [7, 11) is 9.27. The summed E-state index contributed by atoms with van der Waals surface area (Å²) in [6, 6.07) is 8.96. The first-order chi connectivity index (χ1) is 8.38. The summed E-state index contributed by atoms with van der Waals surface area (Å²) in [5.41, 5.74) is 3.14. The van der Waals surface area contributed by atoms with Crippen molar-refractivity contribution in [2.45, 2.75) is 19.4 Å². The fourth-order valence-corrected chi connectivity index (χ4v) is 2.95. The van der Waals surface area contributed by atoms with E-state index in [-0.39, 0.29) is 34.0 Å². The standard InChI is InChI=1S/C16H28N2.2BrH/c1-17(2,3)11-7-12-18(4)13-10-15-8-5-6-9-16(15)14-18;;/h5-6,8-9H,7,10-14H2,1-4H3;2*1H/q+2;;/p-2. The molecule has 4 heteroatoms. The molecule has 1 aliphatic rings. The van der Waals surface area contributed by atoms with E-state index < -0.39 is 0 Å². The Morgan fingerprint density at radius 3 is 2.25 bits per heavy atom. The van der Waals surface area contributed by atoms with Gasteiger partial charge in [-0.15, -0.1) is 0 Å². The van der Waals surface area contributed by atoms with Crippen LogP contribution in [0.15, 0.2) is 24.3 Å². The quantitative estimate of drug-likeness (QED) is 0.450. The predicted molar refractivity (Wildman–Crippen MR) is 77.3 cm³/mol. The summed E-state index contributed by atoms with van der Waals surface area (Å²) in [6.45, 7) is 5.10. The van der Waals surface area contributed by atoms with Crippen LogP contribution in [0.2, 0.25) is 0 Å². The molecule has 1 atom stereocenters. The number of hydrogen-bond acceptors (Lipinski definition) is 0. The van der Waals surface area contributed by atoms with E-state index in [1.54, 1.807) is 11.1 Å². The van der Waals surface area contributed by atoms with Gasteiger partial charge in [0.05, 0.1) is 47.8 Å². The van der Waals surface area contributed by atoms with Crippen molar-refractivity contribution in [2.24, 2.45) is 0 Å². The van der Waals surface area contributed by atoms with Crippen LogP contribution in [0.4, 0.5) is 0 Å². The van der Waals surface area contributed by atoms with Crippen LogP contribution in [0.1, 0.15) is 17.5 Å². The van der Waals surface area contributed by atoms with Crippen LogP contribution in [-0.2, 0) is 13.0 Å². The molecule has 1 unspecified atom stereocenters. The monoisotopic (exact) mass is 406 g/mol. The van der Waals surface area contributed by atoms with Crippen molar-refractivity contribution < 1.29 is 42.9 Å². The molecular weight excluding hydrogens is 380 g/mol. The lowest BCUT2D eigenvalue weighted by Gasteiger charge is -2.39. The number of likely N-dealkylation sites (N-methyl/N-ethyl adjacent to an activating group) is 1. The van der Waals surface area contributed by atoms with E-state index in [9.17, 15) is 0 Å². The average Bonchev–Trinajstić information content (AvgIpc) is 2.27. The minimum absolute atomic E-state index is 0. The molecule has 0 N–H and O–H groups in total. The van der Waals surface area contributed by atoms with E-state index in [0.29, 0.717) is 0 Å². The maximum Gasteiger partial charge on any atom is 0.104 e. The molecule has 0 bridgehead atoms. The van der Waals surface area contributed by atoms with E-state index in [1.165, 1.54) is 43.5 Å². The van der Waals surface area contributed by atoms with Crippen molar-refractivity contribution in [3.05, 3.63) is 35.4 Å². The van der Waals surface area contributed by atoms with Crippen LogP contribution in [0.3, 0.4) is 0 Å². The summed E-state index contributed by atoms with van der Waals surface area (Å²) < 4.78 is 2.30. The SMILES string of the molecule is C[N+](C)(C)CCC[N+]1(C)CCc2ccccc2C1.[Br-].[Br-]. The molecule has 0 saturated heterocycles. The molecule has 116 valence electrons. The first kappa shape index (κ1) is 20.1. The van der Waals surface area contributed by atoms with Gasteiger partial charge in [-0.3, -0.25) is 0 Å². The van der Waals surface area contributed by atoms with Gasteiger partial charge in [-0.2, -0.15) is 0 Å². The number of rotatable bonds is 4. The molecule has 1 aliphatic heterocycles. The summed E-state index contributed by atoms with van der Waals surface area (Å²) >= 11 is 0. The molecule has 1 aromatic rings. The summed E-state index contributed by atoms with van der Waals surface area (Å²) in [5, 5.41) is 0. The van der Waals surface area contributed by atoms with Crippen molar-refractivity contribution in [1.29, 1.82) is 0 Å². The second-order valence-electron chi connectivity index (χ2n) is 7.11. The van der Waals surface area contributed by atoms with E-state index in [2.05, 4.69) is 52.5 Å². The number of hydrogen-bond donors (Lipinski definition) is 0. The molecule has 0 radical (unpaired) electrons. The van der Waals surface area contributed by atoms with Gasteiger partial charge in [0.2, 0.25) is 0 Å². The zero-order chi connectivity index (χ0) is 13.2. The van der Waals surface area contributed by atoms with Gasteiger partial charge in [0.25, 0.3) is 0 Å². The Kier molecular flexibility index (Phi) is 7.96. The summed E-state index contributed by atoms with van der Waals surface area (Å²) in [4.78, 5) is 0. The Hall–Kier alpha value is 0.1000. The van der Waals surface area contributed by atoms with Gasteiger partial charge in [-0.1, -0.05) is 24.3 Å². The Balaban J connectivity index is 0.00000180. The van der Waals surface area contributed by atoms with Gasteiger partial charge in [0.1, 0.15) is 6.54 Å². The number of fused-ring (bicyclic) bond motifs is 1. The third kappa shape index (κ3) is 5.84.